The van der Waals surface area contributed by atoms with E-state index in [1.807, 2.05) is 37.3 Å². The molecule has 5 heteroatoms. The highest BCUT2D eigenvalue weighted by atomic mass is 16.5. The van der Waals surface area contributed by atoms with Gasteiger partial charge in [0.2, 0.25) is 0 Å². The molecule has 1 amide bonds. The van der Waals surface area contributed by atoms with Gasteiger partial charge in [0.25, 0.3) is 5.91 Å². The minimum atomic E-state index is -0.169. The Morgan fingerprint density at radius 3 is 2.80 bits per heavy atom. The van der Waals surface area contributed by atoms with Gasteiger partial charge in [0.05, 0.1) is 12.2 Å². The third kappa shape index (κ3) is 3.38. The van der Waals surface area contributed by atoms with Gasteiger partial charge in [0.15, 0.2) is 0 Å². The van der Waals surface area contributed by atoms with E-state index in [0.29, 0.717) is 36.6 Å². The lowest BCUT2D eigenvalue weighted by atomic mass is 10.1. The Balaban J connectivity index is 1.82. The third-order valence-electron chi connectivity index (χ3n) is 2.89. The topological polar surface area (TPSA) is 64.4 Å². The van der Waals surface area contributed by atoms with Crippen molar-refractivity contribution in [1.82, 2.24) is 10.5 Å². The second-order valence-corrected chi connectivity index (χ2v) is 4.33. The van der Waals surface area contributed by atoms with E-state index in [0.717, 1.165) is 5.75 Å². The van der Waals surface area contributed by atoms with E-state index in [9.17, 15) is 4.79 Å². The molecule has 1 aromatic heterocycles. The van der Waals surface area contributed by atoms with Gasteiger partial charge >= 0.3 is 0 Å². The van der Waals surface area contributed by atoms with Crippen LogP contribution in [0.2, 0.25) is 0 Å². The SMILES string of the molecule is CCc1noc(C)c1C(=O)NCCOc1ccccc1. The number of benzene rings is 1. The molecule has 0 atom stereocenters. The third-order valence-corrected chi connectivity index (χ3v) is 2.89. The summed E-state index contributed by atoms with van der Waals surface area (Å²) >= 11 is 0. The van der Waals surface area contributed by atoms with Gasteiger partial charge < -0.3 is 14.6 Å². The first-order valence-corrected chi connectivity index (χ1v) is 6.63. The van der Waals surface area contributed by atoms with E-state index < -0.39 is 0 Å². The zero-order valence-electron chi connectivity index (χ0n) is 11.7. The summed E-state index contributed by atoms with van der Waals surface area (Å²) in [5, 5.41) is 6.67. The molecule has 0 aliphatic heterocycles. The Bertz CT molecular complexity index is 564. The van der Waals surface area contributed by atoms with E-state index in [2.05, 4.69) is 10.5 Å². The molecule has 106 valence electrons. The van der Waals surface area contributed by atoms with Gasteiger partial charge in [0, 0.05) is 0 Å². The fourth-order valence-corrected chi connectivity index (χ4v) is 1.89. The maximum atomic E-state index is 12.1. The van der Waals surface area contributed by atoms with Crippen molar-refractivity contribution in [3.63, 3.8) is 0 Å². The van der Waals surface area contributed by atoms with Crippen molar-refractivity contribution in [2.24, 2.45) is 0 Å². The second-order valence-electron chi connectivity index (χ2n) is 4.33. The molecule has 0 aliphatic carbocycles. The monoisotopic (exact) mass is 274 g/mol. The Kier molecular flexibility index (Phi) is 4.76. The van der Waals surface area contributed by atoms with Crippen molar-refractivity contribution in [2.75, 3.05) is 13.2 Å². The van der Waals surface area contributed by atoms with Crippen molar-refractivity contribution in [2.45, 2.75) is 20.3 Å². The number of aryl methyl sites for hydroxylation is 2. The van der Waals surface area contributed by atoms with E-state index in [1.54, 1.807) is 6.92 Å². The molecule has 0 bridgehead atoms. The van der Waals surface area contributed by atoms with Crippen LogP contribution in [0.1, 0.15) is 28.7 Å². The van der Waals surface area contributed by atoms with E-state index in [1.165, 1.54) is 0 Å². The smallest absolute Gasteiger partial charge is 0.256 e. The van der Waals surface area contributed by atoms with Gasteiger partial charge in [-0.15, -0.1) is 0 Å². The minimum Gasteiger partial charge on any atom is -0.492 e. The van der Waals surface area contributed by atoms with E-state index in [4.69, 9.17) is 9.26 Å². The normalized spacial score (nSPS) is 10.3. The molecule has 0 radical (unpaired) electrons. The molecule has 0 saturated carbocycles. The molecule has 2 rings (SSSR count). The van der Waals surface area contributed by atoms with Gasteiger partial charge in [-0.1, -0.05) is 30.3 Å². The number of nitrogens with one attached hydrogen (secondary N) is 1. The quantitative estimate of drug-likeness (QED) is 0.821. The number of hydrogen-bond donors (Lipinski definition) is 1. The van der Waals surface area contributed by atoms with Crippen LogP contribution in [0.15, 0.2) is 34.9 Å². The molecule has 0 spiro atoms. The summed E-state index contributed by atoms with van der Waals surface area (Å²) in [6.45, 7) is 4.52. The fourth-order valence-electron chi connectivity index (χ4n) is 1.89. The Hall–Kier alpha value is -2.30. The van der Waals surface area contributed by atoms with Gasteiger partial charge in [-0.25, -0.2) is 0 Å². The predicted octanol–water partition coefficient (Wildman–Crippen LogP) is 2.35. The summed E-state index contributed by atoms with van der Waals surface area (Å²) in [6, 6.07) is 9.49. The highest BCUT2D eigenvalue weighted by molar-refractivity contribution is 5.96. The first-order valence-electron chi connectivity index (χ1n) is 6.63. The van der Waals surface area contributed by atoms with Gasteiger partial charge in [-0.05, 0) is 25.5 Å². The van der Waals surface area contributed by atoms with Crippen LogP contribution >= 0.6 is 0 Å². The Labute approximate surface area is 117 Å². The molecule has 0 saturated heterocycles. The zero-order chi connectivity index (χ0) is 14.4. The number of carbonyl (C=O) groups is 1. The zero-order valence-corrected chi connectivity index (χ0v) is 11.7. The number of ether oxygens (including phenoxy) is 1. The van der Waals surface area contributed by atoms with Crippen LogP contribution in [0.5, 0.6) is 5.75 Å². The first-order chi connectivity index (χ1) is 9.72. The van der Waals surface area contributed by atoms with Crippen LogP contribution < -0.4 is 10.1 Å². The molecule has 2 aromatic rings. The van der Waals surface area contributed by atoms with Crippen LogP contribution in [0.25, 0.3) is 0 Å². The van der Waals surface area contributed by atoms with Crippen LogP contribution in [0.4, 0.5) is 0 Å². The molecule has 1 heterocycles. The average Bonchev–Trinajstić information content (AvgIpc) is 2.85. The molecule has 20 heavy (non-hydrogen) atoms. The molecular formula is C15H18N2O3. The lowest BCUT2D eigenvalue weighted by molar-refractivity contribution is 0.0944. The summed E-state index contributed by atoms with van der Waals surface area (Å²) in [7, 11) is 0. The van der Waals surface area contributed by atoms with Crippen LogP contribution in [0, 0.1) is 6.92 Å². The molecule has 1 aromatic carbocycles. The van der Waals surface area contributed by atoms with Crippen molar-refractivity contribution in [3.8, 4) is 5.75 Å². The second kappa shape index (κ2) is 6.75. The van der Waals surface area contributed by atoms with Crippen molar-refractivity contribution >= 4 is 5.91 Å². The molecule has 5 nitrogen and oxygen atoms in total. The van der Waals surface area contributed by atoms with E-state index in [-0.39, 0.29) is 5.91 Å². The Morgan fingerprint density at radius 2 is 2.10 bits per heavy atom. The van der Waals surface area contributed by atoms with Gasteiger partial charge in [-0.3, -0.25) is 4.79 Å². The highest BCUT2D eigenvalue weighted by Crippen LogP contribution is 2.13. The van der Waals surface area contributed by atoms with Crippen molar-refractivity contribution in [1.29, 1.82) is 0 Å². The lowest BCUT2D eigenvalue weighted by Gasteiger charge is -2.07. The highest BCUT2D eigenvalue weighted by Gasteiger charge is 2.18. The average molecular weight is 274 g/mol. The summed E-state index contributed by atoms with van der Waals surface area (Å²) in [4.78, 5) is 12.1. The maximum absolute atomic E-state index is 12.1. The number of hydrogen-bond acceptors (Lipinski definition) is 4. The number of aromatic nitrogens is 1. The van der Waals surface area contributed by atoms with Crippen molar-refractivity contribution in [3.05, 3.63) is 47.3 Å². The number of rotatable bonds is 6. The number of amides is 1. The summed E-state index contributed by atoms with van der Waals surface area (Å²) in [5.41, 5.74) is 1.22. The van der Waals surface area contributed by atoms with Crippen LogP contribution in [-0.2, 0) is 6.42 Å². The lowest BCUT2D eigenvalue weighted by Crippen LogP contribution is -2.29. The standard InChI is InChI=1S/C15H18N2O3/c1-3-13-14(11(2)20-17-13)15(18)16-9-10-19-12-7-5-4-6-8-12/h4-8H,3,9-10H2,1-2H3,(H,16,18). The molecular weight excluding hydrogens is 256 g/mol. The fraction of sp³-hybridized carbons (Fsp3) is 0.333. The van der Waals surface area contributed by atoms with Gasteiger partial charge in [0.1, 0.15) is 23.7 Å². The maximum Gasteiger partial charge on any atom is 0.256 e. The number of carbonyl (C=O) groups excluding carboxylic acids is 1. The molecule has 1 N–H and O–H groups in total. The number of nitrogens with zero attached hydrogens (tertiary/aromatic N) is 1. The number of para-hydroxylation sites is 1. The molecule has 0 aliphatic rings. The van der Waals surface area contributed by atoms with Crippen molar-refractivity contribution < 1.29 is 14.1 Å². The predicted molar refractivity (Wildman–Crippen MR) is 74.9 cm³/mol. The summed E-state index contributed by atoms with van der Waals surface area (Å²) in [6.07, 6.45) is 0.667. The molecule has 0 unspecified atom stereocenters. The van der Waals surface area contributed by atoms with Crippen LogP contribution in [0.3, 0.4) is 0 Å². The first kappa shape index (κ1) is 14.1. The molecule has 0 fully saturated rings. The largest absolute Gasteiger partial charge is 0.492 e. The summed E-state index contributed by atoms with van der Waals surface area (Å²) in [5.74, 6) is 1.16. The van der Waals surface area contributed by atoms with Gasteiger partial charge in [-0.2, -0.15) is 0 Å². The summed E-state index contributed by atoms with van der Waals surface area (Å²) < 4.78 is 10.5. The van der Waals surface area contributed by atoms with Crippen LogP contribution in [-0.4, -0.2) is 24.2 Å². The van der Waals surface area contributed by atoms with E-state index >= 15 is 0 Å². The minimum absolute atomic E-state index is 0.169. The Morgan fingerprint density at radius 1 is 1.35 bits per heavy atom.